The second-order valence-corrected chi connectivity index (χ2v) is 12.7. The van der Waals surface area contributed by atoms with E-state index in [-0.39, 0.29) is 28.3 Å². The van der Waals surface area contributed by atoms with Gasteiger partial charge in [0.15, 0.2) is 0 Å². The van der Waals surface area contributed by atoms with Crippen molar-refractivity contribution >= 4 is 21.8 Å². The van der Waals surface area contributed by atoms with E-state index in [2.05, 4.69) is 34.6 Å². The molecule has 0 saturated heterocycles. The van der Waals surface area contributed by atoms with Crippen molar-refractivity contribution < 1.29 is 23.1 Å². The summed E-state index contributed by atoms with van der Waals surface area (Å²) >= 11 is 0. The number of hydrogen-bond acceptors (Lipinski definition) is 5. The minimum absolute atomic E-state index is 0.112. The van der Waals surface area contributed by atoms with Gasteiger partial charge in [0.25, 0.3) is 10.0 Å². The monoisotopic (exact) mass is 500 g/mol. The standard InChI is InChI=1S/C27H36N2O5S/c1-18-22-17-21(14-15-23(22)34-27(4,5)26(18,2)3)35(32,33)29-16-8-9-19-12-13-20(28-25(19)29)10-6-7-11-24(30)31/h12-15,17-18H,6-11,16H2,1-5H3,(H,30,31). The molecule has 190 valence electrons. The fourth-order valence-corrected chi connectivity index (χ4v) is 6.49. The van der Waals surface area contributed by atoms with Crippen LogP contribution >= 0.6 is 0 Å². The van der Waals surface area contributed by atoms with E-state index in [9.17, 15) is 13.2 Å². The number of rotatable bonds is 7. The number of sulfonamides is 1. The van der Waals surface area contributed by atoms with Gasteiger partial charge >= 0.3 is 5.97 Å². The van der Waals surface area contributed by atoms with Gasteiger partial charge in [-0.1, -0.05) is 26.8 Å². The highest BCUT2D eigenvalue weighted by Gasteiger charge is 2.48. The number of fused-ring (bicyclic) bond motifs is 2. The maximum Gasteiger partial charge on any atom is 0.303 e. The third-order valence-electron chi connectivity index (χ3n) is 8.17. The summed E-state index contributed by atoms with van der Waals surface area (Å²) in [5.41, 5.74) is 2.06. The fourth-order valence-electron chi connectivity index (χ4n) is 4.96. The van der Waals surface area contributed by atoms with Crippen LogP contribution in [0.25, 0.3) is 0 Å². The van der Waals surface area contributed by atoms with Gasteiger partial charge in [-0.05, 0) is 87.3 Å². The van der Waals surface area contributed by atoms with Gasteiger partial charge in [0, 0.05) is 24.1 Å². The Bertz CT molecular complexity index is 1240. The Hall–Kier alpha value is -2.61. The summed E-state index contributed by atoms with van der Waals surface area (Å²) in [4.78, 5) is 15.7. The minimum atomic E-state index is -3.81. The minimum Gasteiger partial charge on any atom is -0.487 e. The van der Waals surface area contributed by atoms with Crippen molar-refractivity contribution in [2.45, 2.75) is 89.6 Å². The number of carboxylic acids is 1. The smallest absolute Gasteiger partial charge is 0.303 e. The van der Waals surface area contributed by atoms with Gasteiger partial charge in [0.1, 0.15) is 17.2 Å². The van der Waals surface area contributed by atoms with Gasteiger partial charge in [-0.25, -0.2) is 17.7 Å². The summed E-state index contributed by atoms with van der Waals surface area (Å²) in [5.74, 6) is 0.537. The maximum absolute atomic E-state index is 13.9. The van der Waals surface area contributed by atoms with E-state index in [4.69, 9.17) is 14.8 Å². The van der Waals surface area contributed by atoms with Crippen LogP contribution in [0.2, 0.25) is 0 Å². The summed E-state index contributed by atoms with van der Waals surface area (Å²) in [7, 11) is -3.81. The number of aliphatic carboxylic acids is 1. The van der Waals surface area contributed by atoms with Crippen LogP contribution in [0.5, 0.6) is 5.75 Å². The van der Waals surface area contributed by atoms with Crippen molar-refractivity contribution in [1.82, 2.24) is 4.98 Å². The zero-order chi connectivity index (χ0) is 25.6. The van der Waals surface area contributed by atoms with E-state index in [1.807, 2.05) is 12.1 Å². The Morgan fingerprint density at radius 3 is 2.63 bits per heavy atom. The normalized spacial score (nSPS) is 20.5. The summed E-state index contributed by atoms with van der Waals surface area (Å²) in [6.07, 6.45) is 3.52. The summed E-state index contributed by atoms with van der Waals surface area (Å²) < 4.78 is 35.5. The lowest BCUT2D eigenvalue weighted by Crippen LogP contribution is -2.50. The number of aryl methyl sites for hydroxylation is 2. The lowest BCUT2D eigenvalue weighted by atomic mass is 9.64. The Labute approximate surface area is 208 Å². The molecule has 0 aliphatic carbocycles. The van der Waals surface area contributed by atoms with E-state index in [0.717, 1.165) is 35.4 Å². The number of aromatic nitrogens is 1. The summed E-state index contributed by atoms with van der Waals surface area (Å²) in [5, 5.41) is 8.85. The molecule has 1 unspecified atom stereocenters. The Morgan fingerprint density at radius 2 is 1.91 bits per heavy atom. The highest BCUT2D eigenvalue weighted by molar-refractivity contribution is 7.92. The van der Waals surface area contributed by atoms with Crippen molar-refractivity contribution in [3.05, 3.63) is 47.2 Å². The number of ether oxygens (including phenoxy) is 1. The first-order valence-electron chi connectivity index (χ1n) is 12.4. The molecule has 0 fully saturated rings. The van der Waals surface area contributed by atoms with Crippen LogP contribution in [0.1, 0.15) is 83.0 Å². The van der Waals surface area contributed by atoms with Crippen LogP contribution in [0.4, 0.5) is 5.82 Å². The highest BCUT2D eigenvalue weighted by atomic mass is 32.2. The molecule has 4 rings (SSSR count). The van der Waals surface area contributed by atoms with Gasteiger partial charge in [0.05, 0.1) is 4.90 Å². The summed E-state index contributed by atoms with van der Waals surface area (Å²) in [6.45, 7) is 11.0. The van der Waals surface area contributed by atoms with Crippen molar-refractivity contribution in [1.29, 1.82) is 0 Å². The molecule has 2 aromatic rings. The van der Waals surface area contributed by atoms with E-state index < -0.39 is 16.0 Å². The van der Waals surface area contributed by atoms with Gasteiger partial charge < -0.3 is 9.84 Å². The van der Waals surface area contributed by atoms with Crippen molar-refractivity contribution in [2.75, 3.05) is 10.8 Å². The zero-order valence-corrected chi connectivity index (χ0v) is 22.1. The molecule has 1 aromatic heterocycles. The van der Waals surface area contributed by atoms with Crippen LogP contribution in [0, 0.1) is 5.41 Å². The van der Waals surface area contributed by atoms with E-state index >= 15 is 0 Å². The molecule has 35 heavy (non-hydrogen) atoms. The Morgan fingerprint density at radius 1 is 1.17 bits per heavy atom. The van der Waals surface area contributed by atoms with Crippen LogP contribution in [-0.4, -0.2) is 36.6 Å². The number of benzene rings is 1. The largest absolute Gasteiger partial charge is 0.487 e. The number of unbranched alkanes of at least 4 members (excludes halogenated alkanes) is 1. The van der Waals surface area contributed by atoms with Gasteiger partial charge in [0.2, 0.25) is 0 Å². The topological polar surface area (TPSA) is 96.8 Å². The zero-order valence-electron chi connectivity index (χ0n) is 21.3. The second-order valence-electron chi connectivity index (χ2n) is 10.8. The van der Waals surface area contributed by atoms with Gasteiger partial charge in [-0.3, -0.25) is 4.79 Å². The van der Waals surface area contributed by atoms with Gasteiger partial charge in [-0.15, -0.1) is 0 Å². The molecule has 0 amide bonds. The van der Waals surface area contributed by atoms with Crippen LogP contribution in [0.3, 0.4) is 0 Å². The number of carbonyl (C=O) groups is 1. The lowest BCUT2D eigenvalue weighted by molar-refractivity contribution is -0.137. The third-order valence-corrected chi connectivity index (χ3v) is 9.95. The molecule has 8 heteroatoms. The molecule has 0 radical (unpaired) electrons. The van der Waals surface area contributed by atoms with E-state index in [1.165, 1.54) is 4.31 Å². The Balaban J connectivity index is 1.65. The van der Waals surface area contributed by atoms with Crippen molar-refractivity contribution in [3.8, 4) is 5.75 Å². The highest BCUT2D eigenvalue weighted by Crippen LogP contribution is 2.53. The number of anilines is 1. The second kappa shape index (κ2) is 9.12. The number of carboxylic acid groups (broad SMARTS) is 1. The molecule has 0 bridgehead atoms. The van der Waals surface area contributed by atoms with E-state index in [1.54, 1.807) is 18.2 Å². The molecule has 1 N–H and O–H groups in total. The van der Waals surface area contributed by atoms with Crippen molar-refractivity contribution in [3.63, 3.8) is 0 Å². The molecule has 7 nitrogen and oxygen atoms in total. The number of nitrogens with zero attached hydrogens (tertiary/aromatic N) is 2. The van der Waals surface area contributed by atoms with Crippen LogP contribution in [0.15, 0.2) is 35.2 Å². The van der Waals surface area contributed by atoms with Crippen LogP contribution < -0.4 is 9.04 Å². The predicted octanol–water partition coefficient (Wildman–Crippen LogP) is 5.32. The molecular formula is C27H36N2O5S. The molecular weight excluding hydrogens is 464 g/mol. The first-order chi connectivity index (χ1) is 16.3. The third kappa shape index (κ3) is 4.65. The average molecular weight is 501 g/mol. The van der Waals surface area contributed by atoms with E-state index in [0.29, 0.717) is 31.6 Å². The van der Waals surface area contributed by atoms with Crippen LogP contribution in [-0.2, 0) is 27.7 Å². The molecule has 2 aliphatic heterocycles. The van der Waals surface area contributed by atoms with Crippen molar-refractivity contribution in [2.24, 2.45) is 5.41 Å². The molecule has 2 aliphatic rings. The first kappa shape index (κ1) is 25.5. The Kier molecular flexibility index (Phi) is 6.64. The summed E-state index contributed by atoms with van der Waals surface area (Å²) in [6, 6.07) is 9.09. The molecule has 1 aromatic carbocycles. The lowest BCUT2D eigenvalue weighted by Gasteiger charge is -2.50. The number of hydrogen-bond donors (Lipinski definition) is 1. The first-order valence-corrected chi connectivity index (χ1v) is 13.8. The molecule has 0 saturated carbocycles. The predicted molar refractivity (Wildman–Crippen MR) is 136 cm³/mol. The molecule has 1 atom stereocenters. The molecule has 3 heterocycles. The SMILES string of the molecule is CC1c2cc(S(=O)(=O)N3CCCc4ccc(CCCCC(=O)O)nc43)ccc2OC(C)(C)C1(C)C. The average Bonchev–Trinajstić information content (AvgIpc) is 2.79. The van der Waals surface area contributed by atoms with Gasteiger partial charge in [-0.2, -0.15) is 0 Å². The molecule has 0 spiro atoms. The quantitative estimate of drug-likeness (QED) is 0.517. The number of pyridine rings is 1. The maximum atomic E-state index is 13.9. The fraction of sp³-hybridized carbons (Fsp3) is 0.556.